The molecule has 2 aliphatic carbocycles. The molecule has 0 N–H and O–H groups in total. The minimum Gasteiger partial charge on any atom is -0.501 e. The molecule has 0 saturated heterocycles. The molecule has 2 bridgehead atoms. The van der Waals surface area contributed by atoms with Crippen molar-refractivity contribution in [3.05, 3.63) is 162 Å². The largest absolute Gasteiger partial charge is 0.501 e. The summed E-state index contributed by atoms with van der Waals surface area (Å²) in [4.78, 5) is 9.83. The molecule has 53 heavy (non-hydrogen) atoms. The second-order valence-corrected chi connectivity index (χ2v) is 21.0. The maximum atomic E-state index is 6.27. The van der Waals surface area contributed by atoms with Gasteiger partial charge in [0.2, 0.25) is 0 Å². The molecule has 4 unspecified atom stereocenters. The molecule has 4 atom stereocenters. The molecular formula is C48H44IrN2OSi-2. The number of fused-ring (bicyclic) bond motifs is 6. The number of hydrogen-bond donors (Lipinski definition) is 0. The summed E-state index contributed by atoms with van der Waals surface area (Å²) in [6.07, 6.45) is 9.38. The first-order valence-electron chi connectivity index (χ1n) is 18.9. The number of aliphatic imine (C=N–C) groups is 1. The van der Waals surface area contributed by atoms with Gasteiger partial charge >= 0.3 is 0 Å². The van der Waals surface area contributed by atoms with E-state index in [2.05, 4.69) is 111 Å². The summed E-state index contributed by atoms with van der Waals surface area (Å²) in [5.74, 6) is 3.00. The number of aromatic nitrogens is 1. The van der Waals surface area contributed by atoms with Crippen LogP contribution in [0.3, 0.4) is 0 Å². The van der Waals surface area contributed by atoms with E-state index in [1.54, 1.807) is 10.8 Å². The fraction of sp³-hybridized carbons (Fsp3) is 0.250. The van der Waals surface area contributed by atoms with Crippen LogP contribution in [0, 0.1) is 29.9 Å². The molecule has 2 aromatic heterocycles. The monoisotopic (exact) mass is 885 g/mol. The molecule has 0 spiro atoms. The summed E-state index contributed by atoms with van der Waals surface area (Å²) >= 11 is 0. The van der Waals surface area contributed by atoms with Gasteiger partial charge in [0, 0.05) is 37.6 Å². The Morgan fingerprint density at radius 3 is 2.34 bits per heavy atom. The van der Waals surface area contributed by atoms with Gasteiger partial charge in [-0.3, -0.25) is 4.99 Å². The predicted molar refractivity (Wildman–Crippen MR) is 218 cm³/mol. The fourth-order valence-corrected chi connectivity index (χ4v) is 10.8. The third kappa shape index (κ3) is 6.91. The summed E-state index contributed by atoms with van der Waals surface area (Å²) in [5, 5.41) is 3.79. The van der Waals surface area contributed by atoms with Crippen molar-refractivity contribution in [2.75, 3.05) is 0 Å². The van der Waals surface area contributed by atoms with Gasteiger partial charge in [0.25, 0.3) is 0 Å². The number of benzene rings is 5. The van der Waals surface area contributed by atoms with Gasteiger partial charge < -0.3 is 9.40 Å². The number of hydrogen-bond acceptors (Lipinski definition) is 3. The van der Waals surface area contributed by atoms with E-state index >= 15 is 0 Å². The van der Waals surface area contributed by atoms with Crippen LogP contribution in [0.5, 0.6) is 0 Å². The smallest absolute Gasteiger partial charge is 0.120 e. The molecule has 267 valence electrons. The summed E-state index contributed by atoms with van der Waals surface area (Å²) in [7, 11) is -1.37. The Kier molecular flexibility index (Phi) is 9.93. The van der Waals surface area contributed by atoms with Crippen LogP contribution < -0.4 is 5.19 Å². The van der Waals surface area contributed by atoms with Gasteiger partial charge in [-0.1, -0.05) is 115 Å². The molecule has 10 rings (SSSR count). The van der Waals surface area contributed by atoms with Crippen molar-refractivity contribution in [1.29, 1.82) is 0 Å². The second kappa shape index (κ2) is 14.8. The average Bonchev–Trinajstić information content (AvgIpc) is 3.97. The number of furan rings is 1. The van der Waals surface area contributed by atoms with Gasteiger partial charge in [-0.25, -0.2) is 0 Å². The Morgan fingerprint density at radius 2 is 1.57 bits per heavy atom. The normalized spacial score (nSPS) is 20.1. The van der Waals surface area contributed by atoms with Crippen molar-refractivity contribution in [2.24, 2.45) is 22.7 Å². The third-order valence-corrected chi connectivity index (χ3v) is 13.7. The van der Waals surface area contributed by atoms with E-state index in [9.17, 15) is 0 Å². The predicted octanol–water partition coefficient (Wildman–Crippen LogP) is 11.7. The Hall–Kier alpha value is -4.41. The third-order valence-electron chi connectivity index (χ3n) is 11.6. The summed E-state index contributed by atoms with van der Waals surface area (Å²) in [6, 6.07) is 48.5. The van der Waals surface area contributed by atoms with Gasteiger partial charge in [0.15, 0.2) is 0 Å². The first kappa shape index (κ1) is 35.6. The first-order chi connectivity index (χ1) is 25.4. The van der Waals surface area contributed by atoms with Crippen molar-refractivity contribution in [2.45, 2.75) is 57.7 Å². The van der Waals surface area contributed by atoms with Crippen LogP contribution in [0.15, 0.2) is 137 Å². The molecule has 2 saturated carbocycles. The molecule has 5 heteroatoms. The number of rotatable bonds is 6. The molecule has 3 nitrogen and oxygen atoms in total. The van der Waals surface area contributed by atoms with Gasteiger partial charge in [-0.2, -0.15) is 0 Å². The average molecular weight is 885 g/mol. The van der Waals surface area contributed by atoms with E-state index in [4.69, 9.17) is 14.4 Å². The second-order valence-electron chi connectivity index (χ2n) is 16.0. The van der Waals surface area contributed by atoms with Crippen LogP contribution >= 0.6 is 0 Å². The quantitative estimate of drug-likeness (QED) is 0.123. The van der Waals surface area contributed by atoms with Crippen molar-refractivity contribution < 1.29 is 24.5 Å². The van der Waals surface area contributed by atoms with Crippen molar-refractivity contribution in [1.82, 2.24) is 4.98 Å². The maximum Gasteiger partial charge on any atom is 0.120 e. The standard InChI is InChI=1S/C26H16NO.C22H28NSi.Ir/c1-2-9-17(10-3-1)24-20-12-4-6-15-22(20)27-25(24)21-14-8-13-19-18-11-5-7-16-23(18)28-26(19)21;1-24(2,3)22-15-23-21(17-7-5-4-6-8-17)14-20(22)13-19-12-16-9-10-18(19)11-16;/h1-13,15-16,24H;4-7,14-16,18-19H,9-13H2,1-3H3;/q2*-1;. The Morgan fingerprint density at radius 1 is 0.774 bits per heavy atom. The molecular weight excluding hydrogens is 841 g/mol. The topological polar surface area (TPSA) is 38.4 Å². The molecule has 0 amide bonds. The summed E-state index contributed by atoms with van der Waals surface area (Å²) < 4.78 is 6.27. The van der Waals surface area contributed by atoms with Crippen molar-refractivity contribution in [3.8, 4) is 11.3 Å². The maximum absolute atomic E-state index is 6.27. The van der Waals surface area contributed by atoms with Gasteiger partial charge in [0.1, 0.15) is 5.58 Å². The number of pyridine rings is 1. The van der Waals surface area contributed by atoms with Crippen LogP contribution in [-0.2, 0) is 26.5 Å². The zero-order valence-corrected chi connectivity index (χ0v) is 34.0. The Labute approximate surface area is 328 Å². The molecule has 5 aromatic carbocycles. The zero-order chi connectivity index (χ0) is 35.2. The minimum absolute atomic E-state index is 0. The van der Waals surface area contributed by atoms with Crippen molar-refractivity contribution in [3.63, 3.8) is 0 Å². The molecule has 3 aliphatic rings. The Bertz CT molecular complexity index is 2410. The van der Waals surface area contributed by atoms with Crippen LogP contribution in [0.1, 0.15) is 53.9 Å². The van der Waals surface area contributed by atoms with E-state index in [1.165, 1.54) is 43.2 Å². The fourth-order valence-electron chi connectivity index (χ4n) is 9.19. The van der Waals surface area contributed by atoms with Gasteiger partial charge in [-0.15, -0.1) is 54.1 Å². The van der Waals surface area contributed by atoms with E-state index < -0.39 is 8.07 Å². The number of para-hydroxylation sites is 2. The van der Waals surface area contributed by atoms with E-state index in [-0.39, 0.29) is 26.0 Å². The zero-order valence-electron chi connectivity index (χ0n) is 30.6. The van der Waals surface area contributed by atoms with Crippen LogP contribution in [-0.4, -0.2) is 18.8 Å². The first-order valence-corrected chi connectivity index (χ1v) is 22.4. The van der Waals surface area contributed by atoms with Crippen molar-refractivity contribution >= 4 is 46.6 Å². The summed E-state index contributed by atoms with van der Waals surface area (Å²) in [6.45, 7) is 7.34. The SMILES string of the molecule is C[Si](C)(C)c1cnc(-c2[c-]cccc2)cc1CC1CC2CCC1C2.[Ir].[c-]1ccc2c(oc3ccccc32)c1C1=Nc2ccccc2C1c1ccccc1. The molecule has 3 heterocycles. The summed E-state index contributed by atoms with van der Waals surface area (Å²) in [5.41, 5.74) is 11.0. The molecule has 1 radical (unpaired) electrons. The van der Waals surface area contributed by atoms with Gasteiger partial charge in [0.05, 0.1) is 19.3 Å². The molecule has 1 aliphatic heterocycles. The number of nitrogens with zero attached hydrogens (tertiary/aromatic N) is 2. The van der Waals surface area contributed by atoms with E-state index in [0.717, 1.165) is 67.9 Å². The van der Waals surface area contributed by atoms with Crippen LogP contribution in [0.25, 0.3) is 33.2 Å². The van der Waals surface area contributed by atoms with Crippen LogP contribution in [0.2, 0.25) is 19.6 Å². The van der Waals surface area contributed by atoms with E-state index in [0.29, 0.717) is 0 Å². The van der Waals surface area contributed by atoms with Crippen LogP contribution in [0.4, 0.5) is 5.69 Å². The minimum atomic E-state index is -1.37. The molecule has 2 fully saturated rings. The van der Waals surface area contributed by atoms with Gasteiger partial charge in [-0.05, 0) is 83.3 Å². The Balaban J connectivity index is 0.000000150. The molecule has 7 aromatic rings. The van der Waals surface area contributed by atoms with E-state index in [1.807, 2.05) is 48.5 Å².